The van der Waals surface area contributed by atoms with E-state index in [0.717, 1.165) is 87.5 Å². The number of phenolic OH excluding ortho intramolecular Hbond substituents is 1. The quantitative estimate of drug-likeness (QED) is 0.0980. The van der Waals surface area contributed by atoms with E-state index in [9.17, 15) is 24.9 Å². The summed E-state index contributed by atoms with van der Waals surface area (Å²) in [5.41, 5.74) is 5.61. The minimum absolute atomic E-state index is 0. The van der Waals surface area contributed by atoms with E-state index in [1.165, 1.54) is 30.4 Å². The van der Waals surface area contributed by atoms with Gasteiger partial charge in [0.15, 0.2) is 0 Å². The van der Waals surface area contributed by atoms with Gasteiger partial charge >= 0.3 is 5.97 Å². The van der Waals surface area contributed by atoms with Gasteiger partial charge in [0.05, 0.1) is 5.56 Å². The molecule has 6 rings (SSSR count). The number of aromatic hydroxyl groups is 2. The van der Waals surface area contributed by atoms with Gasteiger partial charge in [-0.15, -0.1) is 0 Å². The maximum absolute atomic E-state index is 13.4. The Balaban J connectivity index is 0.000000382. The molecule has 2 aromatic carbocycles. The molecule has 0 fully saturated rings. The van der Waals surface area contributed by atoms with E-state index in [2.05, 4.69) is 95.8 Å². The molecule has 2 aliphatic carbocycles. The smallest absolute Gasteiger partial charge is 0.339 e. The first kappa shape index (κ1) is 54.5. The number of allylic oxidation sites excluding steroid dienone is 4. The summed E-state index contributed by atoms with van der Waals surface area (Å²) < 4.78 is 18.0. The van der Waals surface area contributed by atoms with Crippen LogP contribution >= 0.6 is 0 Å². The summed E-state index contributed by atoms with van der Waals surface area (Å²) in [6, 6.07) is 3.92. The van der Waals surface area contributed by atoms with Gasteiger partial charge < -0.3 is 29.7 Å². The van der Waals surface area contributed by atoms with E-state index < -0.39 is 5.97 Å². The number of fused-ring (bicyclic) bond motifs is 6. The van der Waals surface area contributed by atoms with E-state index >= 15 is 0 Å². The third kappa shape index (κ3) is 13.2. The van der Waals surface area contributed by atoms with E-state index in [0.29, 0.717) is 47.9 Å². The molecule has 3 N–H and O–H groups in total. The molecule has 348 valence electrons. The maximum Gasteiger partial charge on any atom is 0.339 e. The molecule has 0 saturated carbocycles. The fourth-order valence-electron chi connectivity index (χ4n) is 10.2. The van der Waals surface area contributed by atoms with E-state index in [1.54, 1.807) is 4.90 Å². The molecule has 0 unspecified atom stereocenters. The minimum Gasteiger partial charge on any atom is -0.507 e. The summed E-state index contributed by atoms with van der Waals surface area (Å²) in [4.78, 5) is 27.1. The molecule has 2 aliphatic heterocycles. The van der Waals surface area contributed by atoms with E-state index in [4.69, 9.17) is 10.8 Å². The zero-order chi connectivity index (χ0) is 47.2. The number of carboxylic acid groups (broad SMARTS) is 1. The first-order chi connectivity index (χ1) is 29.9. The molecule has 0 bridgehead atoms. The number of benzene rings is 2. The minimum atomic E-state index is -1.06. The van der Waals surface area contributed by atoms with Gasteiger partial charge in [0.2, 0.25) is 0 Å². The number of carbonyl (C=O) groups is 2. The monoisotopic (exact) mass is 1100 g/mol. The maximum atomic E-state index is 13.4. The van der Waals surface area contributed by atoms with Crippen molar-refractivity contribution in [3.05, 3.63) is 68.8 Å². The van der Waals surface area contributed by atoms with Gasteiger partial charge in [-0.3, -0.25) is 4.79 Å². The predicted molar refractivity (Wildman–Crippen MR) is 257 cm³/mol. The average Bonchev–Trinajstić information content (AvgIpc) is 3.22. The van der Waals surface area contributed by atoms with Crippen LogP contribution < -0.4 is 9.47 Å². The van der Waals surface area contributed by atoms with Crippen molar-refractivity contribution in [2.45, 2.75) is 202 Å². The number of carbonyl (C=O) groups excluding carboxylic acids is 1. The summed E-state index contributed by atoms with van der Waals surface area (Å²) in [7, 11) is 3.75. The number of unbranched alkanes of at least 4 members (excludes halogenated alkanes) is 6. The molecule has 2 aromatic rings. The topological polar surface area (TPSA) is 117 Å². The Bertz CT molecular complexity index is 1900. The molecule has 2 radical (unpaired) electrons. The normalized spacial score (nSPS) is 20.9. The standard InChI is InChI=1S/C26H39NO3.C22H30O4.C5H12.BH.U/c1-7-10-11-12-18-16-21-23(24(28)22(18)25(29)27(8-2)9-3)19-15-17(4)13-14-20(19)26(5,6)30-21;1-5-6-7-8-14-12-17-19(20(23)18(14)21(24)25)15-11-13(2)9-10-16(15)22(3,4)26-17;1-3-5-4-2;;/h15-16,19-20,28H,7-14H2,1-6H3;11-12,15-16,23H,5-10H2,1-4H3,(H,24,25);3-5H2,1-2H3;1H;/t19-,20-;15-,16-;;;/m11.../s1/i;;;1T;. The fourth-order valence-corrected chi connectivity index (χ4v) is 10.2. The zero-order valence-electron chi connectivity index (χ0n) is 42.1. The number of hydrogen-bond acceptors (Lipinski definition) is 6. The molecular weight excluding hydrogens is 1010 g/mol. The second-order valence-corrected chi connectivity index (χ2v) is 19.2. The molecule has 0 saturated heterocycles. The van der Waals surface area contributed by atoms with Crippen LogP contribution in [0.4, 0.5) is 0 Å². The summed E-state index contributed by atoms with van der Waals surface area (Å²) in [5, 5.41) is 32.2. The second-order valence-electron chi connectivity index (χ2n) is 19.2. The van der Waals surface area contributed by atoms with Gasteiger partial charge in [0.1, 0.15) is 39.8 Å². The van der Waals surface area contributed by atoms with Gasteiger partial charge in [-0.2, -0.15) is 0 Å². The van der Waals surface area contributed by atoms with Crippen LogP contribution in [0.15, 0.2) is 35.4 Å². The zero-order valence-corrected chi connectivity index (χ0v) is 45.3. The van der Waals surface area contributed by atoms with Crippen molar-refractivity contribution in [3.63, 3.8) is 0 Å². The Morgan fingerprint density at radius 3 is 1.41 bits per heavy atom. The number of aromatic carboxylic acids is 1. The van der Waals surface area contributed by atoms with Gasteiger partial charge in [0, 0.05) is 87.4 Å². The van der Waals surface area contributed by atoms with Gasteiger partial charge in [-0.05, 0) is 131 Å². The van der Waals surface area contributed by atoms with Crippen LogP contribution in [0.1, 0.15) is 221 Å². The van der Waals surface area contributed by atoms with Crippen LogP contribution in [0.3, 0.4) is 0 Å². The van der Waals surface area contributed by atoms with E-state index in [-0.39, 0.29) is 83.0 Å². The Labute approximate surface area is 408 Å². The van der Waals surface area contributed by atoms with Crippen molar-refractivity contribution in [1.29, 1.82) is 1.34 Å². The Kier molecular flexibility index (Phi) is 21.8. The van der Waals surface area contributed by atoms with E-state index in [1.807, 2.05) is 19.9 Å². The molecule has 2 heterocycles. The number of amides is 1. The molecule has 4 aliphatic rings. The van der Waals surface area contributed by atoms with Crippen LogP contribution in [0.5, 0.6) is 23.0 Å². The number of aryl methyl sites for hydroxylation is 2. The van der Waals surface area contributed by atoms with Crippen molar-refractivity contribution in [2.75, 3.05) is 13.1 Å². The predicted octanol–water partition coefficient (Wildman–Crippen LogP) is 13.2. The van der Waals surface area contributed by atoms with Crippen molar-refractivity contribution in [2.24, 2.45) is 11.8 Å². The summed E-state index contributed by atoms with van der Waals surface area (Å²) in [6.07, 6.45) is 20.3. The number of rotatable bonds is 14. The molecule has 0 spiro atoms. The van der Waals surface area contributed by atoms with Crippen molar-refractivity contribution >= 4 is 20.3 Å². The molecule has 0 aromatic heterocycles. The Hall–Kier alpha value is -2.82. The van der Waals surface area contributed by atoms with Gasteiger partial charge in [-0.25, -0.2) is 4.79 Å². The molecule has 4 atom stereocenters. The number of nitrogens with zero attached hydrogens (tertiary/aromatic N) is 1. The van der Waals surface area contributed by atoms with Crippen molar-refractivity contribution in [1.82, 2.24) is 4.90 Å². The second kappa shape index (κ2) is 25.2. The van der Waals surface area contributed by atoms with Crippen molar-refractivity contribution in [3.8, 4) is 23.0 Å². The van der Waals surface area contributed by atoms with Gasteiger partial charge in [0.25, 0.3) is 5.91 Å². The first-order valence-corrected chi connectivity index (χ1v) is 23.9. The van der Waals surface area contributed by atoms with Crippen LogP contribution in [0, 0.1) is 42.9 Å². The number of carboxylic acids is 1. The average molecular weight is 1100 g/mol. The summed E-state index contributed by atoms with van der Waals surface area (Å²) in [6.45, 7) is 26.7. The molecule has 8 nitrogen and oxygen atoms in total. The molecular formula is C53H82BNO7U. The molecule has 63 heavy (non-hydrogen) atoms. The number of phenols is 2. The van der Waals surface area contributed by atoms with Crippen LogP contribution in [-0.4, -0.2) is 66.1 Å². The van der Waals surface area contributed by atoms with Crippen LogP contribution in [0.2, 0.25) is 0 Å². The number of ether oxygens (including phenoxy) is 2. The molecule has 10 heteroatoms. The van der Waals surface area contributed by atoms with Gasteiger partial charge in [-0.1, -0.05) is 95.9 Å². The Morgan fingerprint density at radius 1 is 0.683 bits per heavy atom. The van der Waals surface area contributed by atoms with Crippen LogP contribution in [-0.2, 0) is 12.8 Å². The number of hydrogen-bond donors (Lipinski definition) is 3. The Morgan fingerprint density at radius 2 is 1.06 bits per heavy atom. The third-order valence-electron chi connectivity index (χ3n) is 13.7. The van der Waals surface area contributed by atoms with Crippen molar-refractivity contribution < 1.29 is 65.5 Å². The third-order valence-corrected chi connectivity index (χ3v) is 13.7. The summed E-state index contributed by atoms with van der Waals surface area (Å²) in [5.74, 6) is 0.947. The fraction of sp³-hybridized carbons (Fsp3) is 0.660. The summed E-state index contributed by atoms with van der Waals surface area (Å²) >= 11 is 0. The van der Waals surface area contributed by atoms with Crippen LogP contribution in [0.25, 0.3) is 0 Å². The molecule has 1 amide bonds. The largest absolute Gasteiger partial charge is 0.507 e. The first-order valence-electron chi connectivity index (χ1n) is 24.5. The SMILES string of the molecule is CCCCC.CCCCCc1cc2c(c(O)c1C(=O)N(CC)CC)[C@@H]1C=C(C)CC[C@H]1C(C)(C)O2.CCCCCc1cc2c(c(O)c1C(=O)O)[C@@H]1C=C(C)CC[C@H]1C(C)(C)O2.[3H][B].[U].